The highest BCUT2D eigenvalue weighted by Gasteiger charge is 2.56. The predicted molar refractivity (Wildman–Crippen MR) is 75.4 cm³/mol. The van der Waals surface area contributed by atoms with E-state index >= 15 is 0 Å². The van der Waals surface area contributed by atoms with Crippen LogP contribution in [0.3, 0.4) is 0 Å². The Hall–Kier alpha value is -0.715. The molecule has 0 aromatic heterocycles. The molecule has 0 bridgehead atoms. The van der Waals surface area contributed by atoms with E-state index in [1.165, 1.54) is 6.20 Å². The Morgan fingerprint density at radius 1 is 1.25 bits per heavy atom. The summed E-state index contributed by atoms with van der Waals surface area (Å²) in [6.07, 6.45) is 4.41. The lowest BCUT2D eigenvalue weighted by Gasteiger charge is -2.32. The second-order valence-corrected chi connectivity index (χ2v) is 6.77. The molecule has 3 rings (SSSR count). The minimum atomic E-state index is -0.644. The van der Waals surface area contributed by atoms with Crippen LogP contribution >= 0.6 is 0 Å². The van der Waals surface area contributed by atoms with Gasteiger partial charge < -0.3 is 14.0 Å². The molecule has 2 unspecified atom stereocenters. The van der Waals surface area contributed by atoms with Gasteiger partial charge in [-0.2, -0.15) is 0 Å². The van der Waals surface area contributed by atoms with Gasteiger partial charge in [-0.1, -0.05) is 0 Å². The molecule has 1 saturated carbocycles. The smallest absolute Gasteiger partial charge is 0.403 e. The van der Waals surface area contributed by atoms with Gasteiger partial charge in [-0.3, -0.25) is 4.99 Å². The molecule has 2 heterocycles. The summed E-state index contributed by atoms with van der Waals surface area (Å²) in [5, 5.41) is 0. The van der Waals surface area contributed by atoms with Gasteiger partial charge in [-0.15, -0.1) is 0 Å². The Kier molecular flexibility index (Phi) is 3.31. The van der Waals surface area contributed by atoms with Crippen LogP contribution in [-0.4, -0.2) is 36.7 Å². The minimum absolute atomic E-state index is 0.163. The molecule has 0 radical (unpaired) electrons. The van der Waals surface area contributed by atoms with Crippen molar-refractivity contribution in [3.63, 3.8) is 0 Å². The Morgan fingerprint density at radius 2 is 1.85 bits per heavy atom. The third kappa shape index (κ3) is 2.45. The van der Waals surface area contributed by atoms with Crippen LogP contribution in [0.25, 0.3) is 0 Å². The van der Waals surface area contributed by atoms with Crippen LogP contribution < -0.4 is 0 Å². The molecule has 0 amide bonds. The zero-order valence-corrected chi connectivity index (χ0v) is 12.4. The molecule has 1 saturated heterocycles. The highest BCUT2D eigenvalue weighted by Crippen LogP contribution is 2.43. The number of hydrogen-bond acceptors (Lipinski definition) is 4. The van der Waals surface area contributed by atoms with E-state index in [2.05, 4.69) is 4.99 Å². The lowest BCUT2D eigenvalue weighted by atomic mass is 9.68. The standard InChI is InChI=1S/C14H21BFNO3/c1-13(2)14(3,4)20-15(19-13)10-7-17-8-11(16)12(10)18-9-5-6-9/h7-10,12H,5-6H2,1-4H3. The molecule has 0 spiro atoms. The van der Waals surface area contributed by atoms with E-state index in [-0.39, 0.29) is 17.7 Å². The third-order valence-corrected chi connectivity index (χ3v) is 4.53. The average Bonchev–Trinajstić information content (AvgIpc) is 3.10. The zero-order chi connectivity index (χ0) is 14.5. The van der Waals surface area contributed by atoms with Crippen molar-refractivity contribution >= 4 is 13.3 Å². The molecular weight excluding hydrogens is 260 g/mol. The molecule has 0 N–H and O–H groups in total. The van der Waals surface area contributed by atoms with Crippen molar-refractivity contribution in [1.82, 2.24) is 0 Å². The van der Waals surface area contributed by atoms with Gasteiger partial charge in [0, 0.05) is 6.21 Å². The lowest BCUT2D eigenvalue weighted by molar-refractivity contribution is 0.00578. The first-order valence-electron chi connectivity index (χ1n) is 7.20. The van der Waals surface area contributed by atoms with Crippen molar-refractivity contribution in [2.75, 3.05) is 0 Å². The summed E-state index contributed by atoms with van der Waals surface area (Å²) in [4.78, 5) is 3.96. The SMILES string of the molecule is CC1(C)OB(C2C=NC=C(F)C2OC2CC2)OC1(C)C. The van der Waals surface area contributed by atoms with Crippen molar-refractivity contribution in [2.24, 2.45) is 4.99 Å². The first-order valence-corrected chi connectivity index (χ1v) is 7.20. The molecule has 0 aromatic carbocycles. The molecule has 2 atom stereocenters. The summed E-state index contributed by atoms with van der Waals surface area (Å²) in [6, 6.07) is 0. The Morgan fingerprint density at radius 3 is 2.40 bits per heavy atom. The monoisotopic (exact) mass is 281 g/mol. The quantitative estimate of drug-likeness (QED) is 0.747. The van der Waals surface area contributed by atoms with Crippen LogP contribution in [0.4, 0.5) is 4.39 Å². The van der Waals surface area contributed by atoms with Crippen molar-refractivity contribution in [3.8, 4) is 0 Å². The second kappa shape index (κ2) is 4.65. The maximum Gasteiger partial charge on any atom is 0.469 e. The number of halogens is 1. The maximum absolute atomic E-state index is 14.0. The average molecular weight is 281 g/mol. The van der Waals surface area contributed by atoms with E-state index < -0.39 is 24.4 Å². The number of nitrogens with zero attached hydrogens (tertiary/aromatic N) is 1. The molecule has 2 aliphatic heterocycles. The summed E-state index contributed by atoms with van der Waals surface area (Å²) in [6.45, 7) is 7.93. The highest BCUT2D eigenvalue weighted by molar-refractivity contribution is 6.52. The fraction of sp³-hybridized carbons (Fsp3) is 0.786. The highest BCUT2D eigenvalue weighted by atomic mass is 19.1. The van der Waals surface area contributed by atoms with Crippen LogP contribution in [0.5, 0.6) is 0 Å². The van der Waals surface area contributed by atoms with Crippen molar-refractivity contribution < 1.29 is 18.4 Å². The fourth-order valence-corrected chi connectivity index (χ4v) is 2.38. The predicted octanol–water partition coefficient (Wildman–Crippen LogP) is 2.89. The van der Waals surface area contributed by atoms with Crippen molar-refractivity contribution in [1.29, 1.82) is 0 Å². The third-order valence-electron chi connectivity index (χ3n) is 4.53. The molecule has 4 nitrogen and oxygen atoms in total. The lowest BCUT2D eigenvalue weighted by Crippen LogP contribution is -2.41. The fourth-order valence-electron chi connectivity index (χ4n) is 2.38. The summed E-state index contributed by atoms with van der Waals surface area (Å²) in [7, 11) is -0.535. The summed E-state index contributed by atoms with van der Waals surface area (Å²) in [5.41, 5.74) is -0.874. The first-order chi connectivity index (χ1) is 9.30. The van der Waals surface area contributed by atoms with Crippen LogP contribution in [0.1, 0.15) is 40.5 Å². The molecule has 6 heteroatoms. The van der Waals surface area contributed by atoms with E-state index in [1.807, 2.05) is 27.7 Å². The van der Waals surface area contributed by atoms with Crippen molar-refractivity contribution in [3.05, 3.63) is 12.0 Å². The summed E-state index contributed by atoms with van der Waals surface area (Å²) >= 11 is 0. The van der Waals surface area contributed by atoms with E-state index in [0.717, 1.165) is 12.8 Å². The number of hydrogen-bond donors (Lipinski definition) is 0. The Labute approximate surface area is 119 Å². The summed E-state index contributed by atoms with van der Waals surface area (Å²) in [5.74, 6) is -0.694. The second-order valence-electron chi connectivity index (χ2n) is 6.77. The molecular formula is C14H21BFNO3. The topological polar surface area (TPSA) is 40.0 Å². The van der Waals surface area contributed by atoms with Gasteiger partial charge in [0.25, 0.3) is 0 Å². The number of rotatable bonds is 3. The molecule has 1 aliphatic carbocycles. The van der Waals surface area contributed by atoms with E-state index in [1.54, 1.807) is 6.21 Å². The Bertz CT molecular complexity index is 443. The zero-order valence-electron chi connectivity index (χ0n) is 12.4. The van der Waals surface area contributed by atoms with Gasteiger partial charge in [0.05, 0.1) is 29.3 Å². The van der Waals surface area contributed by atoms with Gasteiger partial charge in [0.15, 0.2) is 0 Å². The van der Waals surface area contributed by atoms with E-state index in [9.17, 15) is 4.39 Å². The van der Waals surface area contributed by atoms with E-state index in [0.29, 0.717) is 0 Å². The van der Waals surface area contributed by atoms with Crippen LogP contribution in [0.15, 0.2) is 17.0 Å². The largest absolute Gasteiger partial charge is 0.469 e. The minimum Gasteiger partial charge on any atom is -0.403 e. The van der Waals surface area contributed by atoms with Crippen LogP contribution in [-0.2, 0) is 14.0 Å². The normalized spacial score (nSPS) is 35.2. The molecule has 20 heavy (non-hydrogen) atoms. The van der Waals surface area contributed by atoms with Crippen molar-refractivity contribution in [2.45, 2.75) is 69.8 Å². The van der Waals surface area contributed by atoms with Gasteiger partial charge in [0.2, 0.25) is 0 Å². The first kappa shape index (κ1) is 14.2. The number of ether oxygens (including phenoxy) is 1. The number of aliphatic imine (C=N–C) groups is 1. The molecule has 3 aliphatic rings. The van der Waals surface area contributed by atoms with Crippen LogP contribution in [0.2, 0.25) is 5.82 Å². The molecule has 2 fully saturated rings. The molecule has 0 aromatic rings. The van der Waals surface area contributed by atoms with Gasteiger partial charge in [-0.05, 0) is 40.5 Å². The summed E-state index contributed by atoms with van der Waals surface area (Å²) < 4.78 is 31.8. The molecule has 110 valence electrons. The van der Waals surface area contributed by atoms with Gasteiger partial charge in [0.1, 0.15) is 11.9 Å². The van der Waals surface area contributed by atoms with Gasteiger partial charge >= 0.3 is 7.12 Å². The van der Waals surface area contributed by atoms with Gasteiger partial charge in [-0.25, -0.2) is 4.39 Å². The maximum atomic E-state index is 14.0. The Balaban J connectivity index is 1.78. The van der Waals surface area contributed by atoms with E-state index in [4.69, 9.17) is 14.0 Å². The van der Waals surface area contributed by atoms with Crippen LogP contribution in [0, 0.1) is 0 Å².